The molecular formula is C14H12FNO3. The zero-order chi connectivity index (χ0) is 14.0. The van der Waals surface area contributed by atoms with Crippen LogP contribution in [0.5, 0.6) is 0 Å². The van der Waals surface area contributed by atoms with Crippen LogP contribution in [0.1, 0.15) is 28.9 Å². The number of nitrogens with zero attached hydrogens (tertiary/aromatic N) is 1. The fourth-order valence-electron chi connectivity index (χ4n) is 1.86. The molecule has 0 aliphatic heterocycles. The first-order valence-electron chi connectivity index (χ1n) is 5.70. The van der Waals surface area contributed by atoms with Gasteiger partial charge < -0.3 is 9.67 Å². The average molecular weight is 261 g/mol. The smallest absolute Gasteiger partial charge is 0.337 e. The Morgan fingerprint density at radius 3 is 2.68 bits per heavy atom. The lowest BCUT2D eigenvalue weighted by Crippen LogP contribution is -2.24. The maximum Gasteiger partial charge on any atom is 0.337 e. The third-order valence-corrected chi connectivity index (χ3v) is 2.93. The van der Waals surface area contributed by atoms with Crippen LogP contribution >= 0.6 is 0 Å². The number of halogens is 1. The normalized spacial score (nSPS) is 12.1. The molecule has 1 aromatic heterocycles. The van der Waals surface area contributed by atoms with Crippen LogP contribution in [0.4, 0.5) is 4.39 Å². The van der Waals surface area contributed by atoms with E-state index >= 15 is 0 Å². The number of aromatic carboxylic acids is 1. The van der Waals surface area contributed by atoms with Crippen LogP contribution in [0.2, 0.25) is 0 Å². The van der Waals surface area contributed by atoms with Crippen LogP contribution in [-0.2, 0) is 0 Å². The quantitative estimate of drug-likeness (QED) is 0.922. The predicted octanol–water partition coefficient (Wildman–Crippen LogP) is 2.29. The van der Waals surface area contributed by atoms with Crippen LogP contribution in [0.3, 0.4) is 0 Å². The van der Waals surface area contributed by atoms with Crippen molar-refractivity contribution >= 4 is 5.97 Å². The lowest BCUT2D eigenvalue weighted by atomic mass is 10.1. The standard InChI is InChI=1S/C14H12FNO3/c1-9(10-3-2-4-12(15)7-10)16-8-11(14(18)19)5-6-13(16)17/h2-9H,1H3,(H,18,19). The summed E-state index contributed by atoms with van der Waals surface area (Å²) in [6.07, 6.45) is 1.26. The summed E-state index contributed by atoms with van der Waals surface area (Å²) in [7, 11) is 0. The third kappa shape index (κ3) is 2.70. The van der Waals surface area contributed by atoms with E-state index in [1.165, 1.54) is 35.0 Å². The molecule has 0 spiro atoms. The molecule has 2 aromatic rings. The van der Waals surface area contributed by atoms with Crippen LogP contribution in [0, 0.1) is 5.82 Å². The van der Waals surface area contributed by atoms with E-state index in [0.717, 1.165) is 0 Å². The molecule has 1 atom stereocenters. The number of pyridine rings is 1. The largest absolute Gasteiger partial charge is 0.478 e. The van der Waals surface area contributed by atoms with Gasteiger partial charge in [-0.25, -0.2) is 9.18 Å². The SMILES string of the molecule is CC(c1cccc(F)c1)n1cc(C(=O)O)ccc1=O. The van der Waals surface area contributed by atoms with E-state index in [1.807, 2.05) is 0 Å². The number of benzene rings is 1. The van der Waals surface area contributed by atoms with Gasteiger partial charge in [0, 0.05) is 12.3 Å². The summed E-state index contributed by atoms with van der Waals surface area (Å²) in [5, 5.41) is 8.92. The Bertz CT molecular complexity index is 678. The highest BCUT2D eigenvalue weighted by atomic mass is 19.1. The molecule has 0 bridgehead atoms. The summed E-state index contributed by atoms with van der Waals surface area (Å²) in [5.74, 6) is -1.51. The van der Waals surface area contributed by atoms with Crippen LogP contribution < -0.4 is 5.56 Å². The number of aromatic nitrogens is 1. The van der Waals surface area contributed by atoms with Crippen molar-refractivity contribution in [3.63, 3.8) is 0 Å². The summed E-state index contributed by atoms with van der Waals surface area (Å²) in [5.41, 5.74) is 0.286. The summed E-state index contributed by atoms with van der Waals surface area (Å²) in [6.45, 7) is 1.71. The molecule has 0 saturated heterocycles. The summed E-state index contributed by atoms with van der Waals surface area (Å²) in [4.78, 5) is 22.7. The van der Waals surface area contributed by atoms with Gasteiger partial charge in [-0.3, -0.25) is 4.79 Å². The molecule has 0 aliphatic carbocycles. The Balaban J connectivity index is 2.49. The molecule has 98 valence electrons. The van der Waals surface area contributed by atoms with Gasteiger partial charge in [-0.15, -0.1) is 0 Å². The third-order valence-electron chi connectivity index (χ3n) is 2.93. The number of carboxylic acid groups (broad SMARTS) is 1. The van der Waals surface area contributed by atoms with Crippen molar-refractivity contribution < 1.29 is 14.3 Å². The van der Waals surface area contributed by atoms with Crippen molar-refractivity contribution in [2.45, 2.75) is 13.0 Å². The number of rotatable bonds is 3. The fraction of sp³-hybridized carbons (Fsp3) is 0.143. The van der Waals surface area contributed by atoms with Crippen LogP contribution in [-0.4, -0.2) is 15.6 Å². The molecule has 1 N–H and O–H groups in total. The van der Waals surface area contributed by atoms with Gasteiger partial charge in [0.1, 0.15) is 5.82 Å². The maximum absolute atomic E-state index is 13.2. The zero-order valence-corrected chi connectivity index (χ0v) is 10.2. The highest BCUT2D eigenvalue weighted by Crippen LogP contribution is 2.17. The molecule has 2 rings (SSSR count). The molecule has 4 nitrogen and oxygen atoms in total. The van der Waals surface area contributed by atoms with Crippen molar-refractivity contribution in [3.8, 4) is 0 Å². The van der Waals surface area contributed by atoms with E-state index in [0.29, 0.717) is 5.56 Å². The highest BCUT2D eigenvalue weighted by Gasteiger charge is 2.12. The Hall–Kier alpha value is -2.43. The van der Waals surface area contributed by atoms with Gasteiger partial charge in [-0.1, -0.05) is 12.1 Å². The molecule has 19 heavy (non-hydrogen) atoms. The maximum atomic E-state index is 13.2. The zero-order valence-electron chi connectivity index (χ0n) is 10.2. The molecule has 0 aliphatic rings. The molecule has 0 amide bonds. The lowest BCUT2D eigenvalue weighted by molar-refractivity contribution is 0.0695. The molecule has 1 heterocycles. The summed E-state index contributed by atoms with van der Waals surface area (Å²) < 4.78 is 14.4. The Labute approximate surface area is 108 Å². The lowest BCUT2D eigenvalue weighted by Gasteiger charge is -2.16. The topological polar surface area (TPSA) is 59.3 Å². The highest BCUT2D eigenvalue weighted by molar-refractivity contribution is 5.87. The second-order valence-corrected chi connectivity index (χ2v) is 4.20. The Kier molecular flexibility index (Phi) is 3.46. The molecule has 1 unspecified atom stereocenters. The number of carboxylic acids is 1. The van der Waals surface area contributed by atoms with Gasteiger partial charge in [0.15, 0.2) is 0 Å². The minimum atomic E-state index is -1.11. The average Bonchev–Trinajstić information content (AvgIpc) is 2.38. The molecule has 0 saturated carbocycles. The predicted molar refractivity (Wildman–Crippen MR) is 67.9 cm³/mol. The van der Waals surface area contributed by atoms with Crippen molar-refractivity contribution in [2.75, 3.05) is 0 Å². The van der Waals surface area contributed by atoms with Crippen molar-refractivity contribution in [1.82, 2.24) is 4.57 Å². The monoisotopic (exact) mass is 261 g/mol. The molecule has 0 fully saturated rings. The summed E-state index contributed by atoms with van der Waals surface area (Å²) in [6, 6.07) is 7.87. The number of hydrogen-bond donors (Lipinski definition) is 1. The van der Waals surface area contributed by atoms with E-state index in [9.17, 15) is 14.0 Å². The Morgan fingerprint density at radius 1 is 1.32 bits per heavy atom. The first-order valence-corrected chi connectivity index (χ1v) is 5.70. The minimum Gasteiger partial charge on any atom is -0.478 e. The minimum absolute atomic E-state index is 0.0165. The summed E-state index contributed by atoms with van der Waals surface area (Å²) >= 11 is 0. The van der Waals surface area contributed by atoms with Gasteiger partial charge in [0.25, 0.3) is 5.56 Å². The van der Waals surface area contributed by atoms with E-state index in [4.69, 9.17) is 5.11 Å². The van der Waals surface area contributed by atoms with Gasteiger partial charge in [0.2, 0.25) is 0 Å². The van der Waals surface area contributed by atoms with E-state index in [2.05, 4.69) is 0 Å². The fourth-order valence-corrected chi connectivity index (χ4v) is 1.86. The van der Waals surface area contributed by atoms with Crippen molar-refractivity contribution in [2.24, 2.45) is 0 Å². The van der Waals surface area contributed by atoms with Crippen LogP contribution in [0.25, 0.3) is 0 Å². The van der Waals surface area contributed by atoms with Crippen molar-refractivity contribution in [1.29, 1.82) is 0 Å². The number of carbonyl (C=O) groups is 1. The molecule has 1 aromatic carbocycles. The van der Waals surface area contributed by atoms with Gasteiger partial charge >= 0.3 is 5.97 Å². The van der Waals surface area contributed by atoms with E-state index < -0.39 is 17.8 Å². The van der Waals surface area contributed by atoms with Crippen LogP contribution in [0.15, 0.2) is 47.4 Å². The number of hydrogen-bond acceptors (Lipinski definition) is 2. The van der Waals surface area contributed by atoms with E-state index in [1.54, 1.807) is 19.1 Å². The van der Waals surface area contributed by atoms with Crippen molar-refractivity contribution in [3.05, 3.63) is 69.9 Å². The second kappa shape index (κ2) is 5.06. The van der Waals surface area contributed by atoms with Gasteiger partial charge in [-0.2, -0.15) is 0 Å². The molecule has 5 heteroatoms. The van der Waals surface area contributed by atoms with E-state index in [-0.39, 0.29) is 11.1 Å². The first kappa shape index (κ1) is 13.0. The molecule has 0 radical (unpaired) electrons. The van der Waals surface area contributed by atoms with Gasteiger partial charge in [0.05, 0.1) is 11.6 Å². The second-order valence-electron chi connectivity index (χ2n) is 4.20. The first-order chi connectivity index (χ1) is 8.99. The molecular weight excluding hydrogens is 249 g/mol. The van der Waals surface area contributed by atoms with Gasteiger partial charge in [-0.05, 0) is 30.7 Å². The Morgan fingerprint density at radius 2 is 2.05 bits per heavy atom.